The first-order chi connectivity index (χ1) is 16.3. The number of halogens is 1. The van der Waals surface area contributed by atoms with Crippen molar-refractivity contribution < 1.29 is 23.9 Å². The van der Waals surface area contributed by atoms with Crippen molar-refractivity contribution in [2.75, 3.05) is 20.2 Å². The quantitative estimate of drug-likeness (QED) is 0.487. The molecule has 0 spiro atoms. The molecule has 0 N–H and O–H groups in total. The first-order valence-electron chi connectivity index (χ1n) is 11.3. The third-order valence-electron chi connectivity index (χ3n) is 6.23. The number of benzene rings is 2. The van der Waals surface area contributed by atoms with Crippen molar-refractivity contribution >= 4 is 40.3 Å². The van der Waals surface area contributed by atoms with E-state index in [1.165, 1.54) is 0 Å². The van der Waals surface area contributed by atoms with Crippen LogP contribution in [0.25, 0.3) is 10.9 Å². The maximum Gasteiger partial charge on any atom is 0.311 e. The number of carbonyl (C=O) groups excluding carboxylic acids is 3. The van der Waals surface area contributed by atoms with E-state index in [1.807, 2.05) is 0 Å². The van der Waals surface area contributed by atoms with E-state index in [9.17, 15) is 14.4 Å². The van der Waals surface area contributed by atoms with E-state index in [1.54, 1.807) is 72.9 Å². The third kappa shape index (κ3) is 4.66. The van der Waals surface area contributed by atoms with Gasteiger partial charge in [0.05, 0.1) is 19.0 Å². The average Bonchev–Trinajstić information content (AvgIpc) is 3.45. The van der Waals surface area contributed by atoms with Gasteiger partial charge in [-0.25, -0.2) is 0 Å². The highest BCUT2D eigenvalue weighted by Crippen LogP contribution is 2.31. The van der Waals surface area contributed by atoms with Crippen LogP contribution in [-0.2, 0) is 20.7 Å². The number of ether oxygens (including phenoxy) is 2. The van der Waals surface area contributed by atoms with E-state index >= 15 is 0 Å². The monoisotopic (exact) mass is 482 g/mol. The summed E-state index contributed by atoms with van der Waals surface area (Å²) in [6.45, 7) is 4.78. The summed E-state index contributed by atoms with van der Waals surface area (Å²) in [5.74, 6) is -0.328. The lowest BCUT2D eigenvalue weighted by Gasteiger charge is -2.20. The van der Waals surface area contributed by atoms with Crippen molar-refractivity contribution in [3.63, 3.8) is 0 Å². The summed E-state index contributed by atoms with van der Waals surface area (Å²) in [5, 5.41) is 1.26. The van der Waals surface area contributed by atoms with Gasteiger partial charge < -0.3 is 14.4 Å². The van der Waals surface area contributed by atoms with Gasteiger partial charge >= 0.3 is 5.97 Å². The summed E-state index contributed by atoms with van der Waals surface area (Å²) >= 11 is 5.98. The lowest BCUT2D eigenvalue weighted by Crippen LogP contribution is -2.38. The Hall–Kier alpha value is -3.32. The van der Waals surface area contributed by atoms with Crippen molar-refractivity contribution in [3.05, 3.63) is 64.3 Å². The maximum absolute atomic E-state index is 13.4. The Labute approximate surface area is 203 Å². The van der Waals surface area contributed by atoms with E-state index in [2.05, 4.69) is 0 Å². The molecule has 1 fully saturated rings. The Bertz CT molecular complexity index is 1240. The molecular formula is C26H27ClN2O5. The smallest absolute Gasteiger partial charge is 0.311 e. The summed E-state index contributed by atoms with van der Waals surface area (Å²) in [7, 11) is 1.56. The van der Waals surface area contributed by atoms with E-state index in [-0.39, 0.29) is 18.2 Å². The topological polar surface area (TPSA) is 77.8 Å². The van der Waals surface area contributed by atoms with E-state index in [4.69, 9.17) is 21.1 Å². The molecule has 8 heteroatoms. The highest BCUT2D eigenvalue weighted by Gasteiger charge is 2.27. The van der Waals surface area contributed by atoms with E-state index in [0.717, 1.165) is 18.2 Å². The predicted octanol–water partition coefficient (Wildman–Crippen LogP) is 4.40. The minimum absolute atomic E-state index is 0.0754. The lowest BCUT2D eigenvalue weighted by atomic mass is 10.1. The van der Waals surface area contributed by atoms with Gasteiger partial charge in [0.2, 0.25) is 0 Å². The molecule has 0 saturated carbocycles. The van der Waals surface area contributed by atoms with Crippen LogP contribution in [0.1, 0.15) is 41.4 Å². The number of esters is 1. The molecule has 34 heavy (non-hydrogen) atoms. The van der Waals surface area contributed by atoms with Crippen molar-refractivity contribution in [2.24, 2.45) is 0 Å². The molecule has 7 nitrogen and oxygen atoms in total. The Morgan fingerprint density at radius 1 is 1.06 bits per heavy atom. The summed E-state index contributed by atoms with van der Waals surface area (Å²) in [5.41, 5.74) is 2.40. The second kappa shape index (κ2) is 9.89. The summed E-state index contributed by atoms with van der Waals surface area (Å²) in [4.78, 5) is 40.5. The van der Waals surface area contributed by atoms with Gasteiger partial charge in [-0.15, -0.1) is 0 Å². The first kappa shape index (κ1) is 23.8. The van der Waals surface area contributed by atoms with Gasteiger partial charge in [0, 0.05) is 34.8 Å². The number of hydrogen-bond donors (Lipinski definition) is 0. The highest BCUT2D eigenvalue weighted by atomic mass is 35.5. The fourth-order valence-electron chi connectivity index (χ4n) is 4.42. The zero-order valence-electron chi connectivity index (χ0n) is 19.5. The molecule has 0 radical (unpaired) electrons. The average molecular weight is 483 g/mol. The number of hydrogen-bond acceptors (Lipinski definition) is 5. The summed E-state index contributed by atoms with van der Waals surface area (Å²) in [6, 6.07) is 12.0. The molecule has 1 atom stereocenters. The SMILES string of the molecule is COc1ccc2c(c1)c(CC(=O)O[C@@H](C)C(=O)N1CCCC1)c(C)n2C(=O)c1ccc(Cl)cc1. The number of rotatable bonds is 6. The van der Waals surface area contributed by atoms with Crippen LogP contribution in [-0.4, -0.2) is 53.6 Å². The molecule has 0 bridgehead atoms. The number of amides is 1. The van der Waals surface area contributed by atoms with Crippen LogP contribution < -0.4 is 4.74 Å². The van der Waals surface area contributed by atoms with Crippen molar-refractivity contribution in [3.8, 4) is 5.75 Å². The number of carbonyl (C=O) groups is 3. The van der Waals surface area contributed by atoms with Gasteiger partial charge in [-0.2, -0.15) is 0 Å². The van der Waals surface area contributed by atoms with Gasteiger partial charge in [-0.05, 0) is 74.7 Å². The molecule has 4 rings (SSSR count). The van der Waals surface area contributed by atoms with Gasteiger partial charge in [0.15, 0.2) is 6.10 Å². The van der Waals surface area contributed by atoms with Crippen LogP contribution in [0.3, 0.4) is 0 Å². The first-order valence-corrected chi connectivity index (χ1v) is 11.6. The van der Waals surface area contributed by atoms with Gasteiger partial charge in [0.25, 0.3) is 11.8 Å². The van der Waals surface area contributed by atoms with Crippen LogP contribution in [0.2, 0.25) is 5.02 Å². The molecule has 0 aliphatic carbocycles. The Balaban J connectivity index is 1.65. The summed E-state index contributed by atoms with van der Waals surface area (Å²) < 4.78 is 12.4. The largest absolute Gasteiger partial charge is 0.497 e. The highest BCUT2D eigenvalue weighted by molar-refractivity contribution is 6.30. The molecule has 1 aromatic heterocycles. The van der Waals surface area contributed by atoms with Crippen molar-refractivity contribution in [1.29, 1.82) is 0 Å². The fraction of sp³-hybridized carbons (Fsp3) is 0.346. The normalized spacial score (nSPS) is 14.3. The Kier molecular flexibility index (Phi) is 6.93. The molecule has 178 valence electrons. The minimum Gasteiger partial charge on any atom is -0.497 e. The molecule has 1 aliphatic heterocycles. The van der Waals surface area contributed by atoms with E-state index < -0.39 is 12.1 Å². The number of methoxy groups -OCH3 is 1. The zero-order chi connectivity index (χ0) is 24.4. The second-order valence-corrected chi connectivity index (χ2v) is 8.87. The predicted molar refractivity (Wildman–Crippen MR) is 129 cm³/mol. The summed E-state index contributed by atoms with van der Waals surface area (Å²) in [6.07, 6.45) is 1.00. The molecule has 1 amide bonds. The van der Waals surface area contributed by atoms with Crippen LogP contribution in [0, 0.1) is 6.92 Å². The van der Waals surface area contributed by atoms with Crippen LogP contribution in [0.4, 0.5) is 0 Å². The zero-order valence-corrected chi connectivity index (χ0v) is 20.2. The molecule has 2 heterocycles. The number of nitrogens with zero attached hydrogens (tertiary/aromatic N) is 2. The Morgan fingerprint density at radius 3 is 2.38 bits per heavy atom. The van der Waals surface area contributed by atoms with Gasteiger partial charge in [-0.3, -0.25) is 19.0 Å². The third-order valence-corrected chi connectivity index (χ3v) is 6.48. The molecule has 2 aromatic carbocycles. The van der Waals surface area contributed by atoms with Crippen LogP contribution >= 0.6 is 11.6 Å². The van der Waals surface area contributed by atoms with Crippen molar-refractivity contribution in [2.45, 2.75) is 39.2 Å². The molecule has 1 saturated heterocycles. The number of aromatic nitrogens is 1. The minimum atomic E-state index is -0.857. The standard InChI is InChI=1S/C26H27ClN2O5/c1-16-21(15-24(30)34-17(2)25(31)28-12-4-5-13-28)22-14-20(33-3)10-11-23(22)29(16)26(32)18-6-8-19(27)9-7-18/h6-11,14,17H,4-5,12-13,15H2,1-3H3/t17-/m0/s1. The van der Waals surface area contributed by atoms with Gasteiger partial charge in [0.1, 0.15) is 5.75 Å². The Morgan fingerprint density at radius 2 is 1.74 bits per heavy atom. The molecule has 3 aromatic rings. The van der Waals surface area contributed by atoms with Crippen LogP contribution in [0.15, 0.2) is 42.5 Å². The van der Waals surface area contributed by atoms with E-state index in [0.29, 0.717) is 46.2 Å². The van der Waals surface area contributed by atoms with Crippen LogP contribution in [0.5, 0.6) is 5.75 Å². The molecule has 1 aliphatic rings. The molecular weight excluding hydrogens is 456 g/mol. The van der Waals surface area contributed by atoms with Gasteiger partial charge in [-0.1, -0.05) is 11.6 Å². The lowest BCUT2D eigenvalue weighted by molar-refractivity contribution is -0.158. The second-order valence-electron chi connectivity index (χ2n) is 8.44. The maximum atomic E-state index is 13.4. The number of likely N-dealkylation sites (tertiary alicyclic amines) is 1. The van der Waals surface area contributed by atoms with Crippen molar-refractivity contribution in [1.82, 2.24) is 9.47 Å². The number of fused-ring (bicyclic) bond motifs is 1. The fourth-order valence-corrected chi connectivity index (χ4v) is 4.55. The molecule has 0 unspecified atom stereocenters.